The lowest BCUT2D eigenvalue weighted by molar-refractivity contribution is 0.102. The molecule has 0 saturated carbocycles. The SMILES string of the molecule is CCc1nc2ccccc2c(C(=O)Nc2cc(OC)c(OC)cc2C)c1C. The van der Waals surface area contributed by atoms with Crippen LogP contribution < -0.4 is 14.8 Å². The molecule has 0 atom stereocenters. The maximum atomic E-state index is 13.2. The smallest absolute Gasteiger partial charge is 0.256 e. The second kappa shape index (κ2) is 7.66. The highest BCUT2D eigenvalue weighted by molar-refractivity contribution is 6.13. The maximum absolute atomic E-state index is 13.2. The Morgan fingerprint density at radius 3 is 2.41 bits per heavy atom. The maximum Gasteiger partial charge on any atom is 0.256 e. The van der Waals surface area contributed by atoms with Crippen molar-refractivity contribution in [2.45, 2.75) is 27.2 Å². The molecular weight excluding hydrogens is 340 g/mol. The standard InChI is InChI=1S/C22H24N2O3/c1-6-16-14(3)21(15-9-7-8-10-17(15)23-16)22(25)24-18-12-20(27-5)19(26-4)11-13(18)2/h7-12H,6H2,1-5H3,(H,24,25). The molecule has 0 radical (unpaired) electrons. The highest BCUT2D eigenvalue weighted by Crippen LogP contribution is 2.33. The minimum absolute atomic E-state index is 0.156. The third-order valence-corrected chi connectivity index (χ3v) is 4.78. The van der Waals surface area contributed by atoms with Crippen LogP contribution in [0.1, 0.15) is 34.1 Å². The predicted octanol–water partition coefficient (Wildman–Crippen LogP) is 4.68. The molecule has 0 aliphatic rings. The van der Waals surface area contributed by atoms with Gasteiger partial charge in [0.05, 0.1) is 25.3 Å². The summed E-state index contributed by atoms with van der Waals surface area (Å²) < 4.78 is 10.7. The molecule has 0 aliphatic heterocycles. The lowest BCUT2D eigenvalue weighted by Gasteiger charge is -2.16. The van der Waals surface area contributed by atoms with Crippen molar-refractivity contribution in [1.82, 2.24) is 4.98 Å². The van der Waals surface area contributed by atoms with Gasteiger partial charge < -0.3 is 14.8 Å². The molecule has 0 unspecified atom stereocenters. The van der Waals surface area contributed by atoms with Gasteiger partial charge in [0.1, 0.15) is 0 Å². The molecule has 3 aromatic rings. The summed E-state index contributed by atoms with van der Waals surface area (Å²) in [5.74, 6) is 1.05. The van der Waals surface area contributed by atoms with E-state index in [-0.39, 0.29) is 5.91 Å². The van der Waals surface area contributed by atoms with Crippen LogP contribution >= 0.6 is 0 Å². The third kappa shape index (κ3) is 3.45. The highest BCUT2D eigenvalue weighted by Gasteiger charge is 2.19. The molecule has 0 spiro atoms. The Labute approximate surface area is 159 Å². The number of ether oxygens (including phenoxy) is 2. The Hall–Kier alpha value is -3.08. The molecule has 0 fully saturated rings. The first-order chi connectivity index (χ1) is 13.0. The predicted molar refractivity (Wildman–Crippen MR) is 108 cm³/mol. The molecule has 3 rings (SSSR count). The van der Waals surface area contributed by atoms with Crippen molar-refractivity contribution in [2.24, 2.45) is 0 Å². The highest BCUT2D eigenvalue weighted by atomic mass is 16.5. The van der Waals surface area contributed by atoms with E-state index in [1.165, 1.54) is 0 Å². The fourth-order valence-electron chi connectivity index (χ4n) is 3.30. The van der Waals surface area contributed by atoms with Gasteiger partial charge in [-0.2, -0.15) is 0 Å². The van der Waals surface area contributed by atoms with E-state index in [1.54, 1.807) is 20.3 Å². The Bertz CT molecular complexity index is 1010. The normalized spacial score (nSPS) is 10.7. The number of rotatable bonds is 5. The van der Waals surface area contributed by atoms with Crippen LogP contribution in [0.3, 0.4) is 0 Å². The molecule has 1 heterocycles. The van der Waals surface area contributed by atoms with Crippen molar-refractivity contribution in [3.05, 3.63) is 58.8 Å². The summed E-state index contributed by atoms with van der Waals surface area (Å²) in [5, 5.41) is 3.88. The molecule has 140 valence electrons. The average molecular weight is 364 g/mol. The second-order valence-electron chi connectivity index (χ2n) is 6.41. The number of carbonyl (C=O) groups is 1. The van der Waals surface area contributed by atoms with E-state index in [4.69, 9.17) is 14.5 Å². The Morgan fingerprint density at radius 2 is 1.74 bits per heavy atom. The average Bonchev–Trinajstić information content (AvgIpc) is 2.68. The van der Waals surface area contributed by atoms with E-state index in [0.29, 0.717) is 22.7 Å². The minimum atomic E-state index is -0.156. The largest absolute Gasteiger partial charge is 0.493 e. The van der Waals surface area contributed by atoms with Crippen LogP contribution in [0.25, 0.3) is 10.9 Å². The first-order valence-electron chi connectivity index (χ1n) is 8.92. The first kappa shape index (κ1) is 18.7. The molecule has 5 heteroatoms. The van der Waals surface area contributed by atoms with Crippen molar-refractivity contribution in [1.29, 1.82) is 0 Å². The fourth-order valence-corrected chi connectivity index (χ4v) is 3.30. The number of hydrogen-bond donors (Lipinski definition) is 1. The number of hydrogen-bond acceptors (Lipinski definition) is 4. The van der Waals surface area contributed by atoms with Crippen molar-refractivity contribution in [3.8, 4) is 11.5 Å². The molecule has 1 amide bonds. The van der Waals surface area contributed by atoms with Crippen LogP contribution in [-0.2, 0) is 6.42 Å². The number of benzene rings is 2. The molecule has 1 aromatic heterocycles. The summed E-state index contributed by atoms with van der Waals surface area (Å²) in [5.41, 5.74) is 4.92. The lowest BCUT2D eigenvalue weighted by Crippen LogP contribution is -2.16. The lowest BCUT2D eigenvalue weighted by atomic mass is 9.99. The molecule has 27 heavy (non-hydrogen) atoms. The number of para-hydroxylation sites is 1. The van der Waals surface area contributed by atoms with Gasteiger partial charge in [-0.25, -0.2) is 0 Å². The van der Waals surface area contributed by atoms with E-state index in [9.17, 15) is 4.79 Å². The van der Waals surface area contributed by atoms with E-state index < -0.39 is 0 Å². The Balaban J connectivity index is 2.09. The zero-order valence-corrected chi connectivity index (χ0v) is 16.3. The number of nitrogens with one attached hydrogen (secondary N) is 1. The Kier molecular flexibility index (Phi) is 5.31. The number of fused-ring (bicyclic) bond motifs is 1. The topological polar surface area (TPSA) is 60.5 Å². The van der Waals surface area contributed by atoms with Gasteiger partial charge in [0, 0.05) is 22.8 Å². The van der Waals surface area contributed by atoms with Gasteiger partial charge in [0.15, 0.2) is 11.5 Å². The zero-order chi connectivity index (χ0) is 19.6. The number of pyridine rings is 1. The summed E-state index contributed by atoms with van der Waals surface area (Å²) in [6.07, 6.45) is 0.770. The van der Waals surface area contributed by atoms with Crippen LogP contribution in [0.15, 0.2) is 36.4 Å². The first-order valence-corrected chi connectivity index (χ1v) is 8.92. The van der Waals surface area contributed by atoms with Crippen LogP contribution in [0.2, 0.25) is 0 Å². The van der Waals surface area contributed by atoms with E-state index >= 15 is 0 Å². The monoisotopic (exact) mass is 364 g/mol. The summed E-state index contributed by atoms with van der Waals surface area (Å²) >= 11 is 0. The van der Waals surface area contributed by atoms with Crippen molar-refractivity contribution in [3.63, 3.8) is 0 Å². The summed E-state index contributed by atoms with van der Waals surface area (Å²) in [6.45, 7) is 5.92. The van der Waals surface area contributed by atoms with Gasteiger partial charge in [-0.1, -0.05) is 25.1 Å². The van der Waals surface area contributed by atoms with Crippen molar-refractivity contribution >= 4 is 22.5 Å². The summed E-state index contributed by atoms with van der Waals surface area (Å²) in [4.78, 5) is 17.9. The van der Waals surface area contributed by atoms with Gasteiger partial charge >= 0.3 is 0 Å². The molecule has 0 saturated heterocycles. The number of nitrogens with zero attached hydrogens (tertiary/aromatic N) is 1. The van der Waals surface area contributed by atoms with Crippen LogP contribution in [-0.4, -0.2) is 25.1 Å². The van der Waals surface area contributed by atoms with Gasteiger partial charge in [0.25, 0.3) is 5.91 Å². The van der Waals surface area contributed by atoms with Crippen LogP contribution in [0.5, 0.6) is 11.5 Å². The second-order valence-corrected chi connectivity index (χ2v) is 6.41. The molecule has 0 aliphatic carbocycles. The number of amides is 1. The van der Waals surface area contributed by atoms with E-state index in [2.05, 4.69) is 5.32 Å². The van der Waals surface area contributed by atoms with Gasteiger partial charge in [0.2, 0.25) is 0 Å². The zero-order valence-electron chi connectivity index (χ0n) is 16.3. The number of carbonyl (C=O) groups excluding carboxylic acids is 1. The summed E-state index contributed by atoms with van der Waals surface area (Å²) in [7, 11) is 3.17. The summed E-state index contributed by atoms with van der Waals surface area (Å²) in [6, 6.07) is 11.4. The van der Waals surface area contributed by atoms with Crippen LogP contribution in [0, 0.1) is 13.8 Å². The number of aryl methyl sites for hydroxylation is 2. The van der Waals surface area contributed by atoms with Crippen molar-refractivity contribution in [2.75, 3.05) is 19.5 Å². The van der Waals surface area contributed by atoms with Gasteiger partial charge in [-0.05, 0) is 43.5 Å². The quantitative estimate of drug-likeness (QED) is 0.714. The molecule has 2 aromatic carbocycles. The third-order valence-electron chi connectivity index (χ3n) is 4.78. The van der Waals surface area contributed by atoms with Crippen LogP contribution in [0.4, 0.5) is 5.69 Å². The minimum Gasteiger partial charge on any atom is -0.493 e. The Morgan fingerprint density at radius 1 is 1.07 bits per heavy atom. The van der Waals surface area contributed by atoms with Crippen molar-refractivity contribution < 1.29 is 14.3 Å². The van der Waals surface area contributed by atoms with E-state index in [0.717, 1.165) is 34.1 Å². The van der Waals surface area contributed by atoms with Gasteiger partial charge in [-0.15, -0.1) is 0 Å². The van der Waals surface area contributed by atoms with E-state index in [1.807, 2.05) is 51.1 Å². The molecular formula is C22H24N2O3. The molecule has 1 N–H and O–H groups in total. The van der Waals surface area contributed by atoms with Gasteiger partial charge in [-0.3, -0.25) is 9.78 Å². The molecule has 5 nitrogen and oxygen atoms in total. The number of anilines is 1. The fraction of sp³-hybridized carbons (Fsp3) is 0.273. The number of methoxy groups -OCH3 is 2. The number of aromatic nitrogens is 1. The molecule has 0 bridgehead atoms.